The third-order valence-electron chi connectivity index (χ3n) is 5.48. The lowest BCUT2D eigenvalue weighted by molar-refractivity contribution is 0.103. The van der Waals surface area contributed by atoms with Crippen molar-refractivity contribution in [2.75, 3.05) is 11.1 Å². The zero-order valence-corrected chi connectivity index (χ0v) is 19.4. The zero-order chi connectivity index (χ0) is 22.3. The van der Waals surface area contributed by atoms with Crippen molar-refractivity contribution in [1.82, 2.24) is 4.98 Å². The molecule has 158 valence electrons. The Kier molecular flexibility index (Phi) is 5.31. The van der Waals surface area contributed by atoms with Gasteiger partial charge in [-0.15, -0.1) is 11.3 Å². The molecule has 4 aromatic rings. The SMILES string of the molecule is Cc1cccc(C)c1NC(=O)c1sc2nc(C(C)(C)C)cc(-c3ccccc3)c2c1N. The third kappa shape index (κ3) is 3.93. The topological polar surface area (TPSA) is 68.0 Å². The highest BCUT2D eigenvalue weighted by molar-refractivity contribution is 7.21. The summed E-state index contributed by atoms with van der Waals surface area (Å²) in [5, 5.41) is 3.91. The van der Waals surface area contributed by atoms with Crippen LogP contribution < -0.4 is 11.1 Å². The molecule has 5 heteroatoms. The van der Waals surface area contributed by atoms with Crippen molar-refractivity contribution in [2.24, 2.45) is 0 Å². The molecule has 0 atom stereocenters. The predicted octanol–water partition coefficient (Wildman–Crippen LogP) is 6.71. The van der Waals surface area contributed by atoms with Crippen LogP contribution in [0.4, 0.5) is 11.4 Å². The van der Waals surface area contributed by atoms with Crippen LogP contribution in [0.3, 0.4) is 0 Å². The predicted molar refractivity (Wildman–Crippen MR) is 132 cm³/mol. The first-order chi connectivity index (χ1) is 14.7. The van der Waals surface area contributed by atoms with Crippen LogP contribution in [0.5, 0.6) is 0 Å². The zero-order valence-electron chi connectivity index (χ0n) is 18.5. The number of carbonyl (C=O) groups excluding carboxylic acids is 1. The Hall–Kier alpha value is -3.18. The number of pyridine rings is 1. The van der Waals surface area contributed by atoms with Gasteiger partial charge >= 0.3 is 0 Å². The first-order valence-corrected chi connectivity index (χ1v) is 11.1. The van der Waals surface area contributed by atoms with E-state index < -0.39 is 0 Å². The number of para-hydroxylation sites is 1. The van der Waals surface area contributed by atoms with E-state index in [-0.39, 0.29) is 11.3 Å². The van der Waals surface area contributed by atoms with Crippen LogP contribution in [0.2, 0.25) is 0 Å². The molecule has 0 bridgehead atoms. The first kappa shape index (κ1) is 21.1. The number of thiophene rings is 1. The maximum absolute atomic E-state index is 13.2. The molecular formula is C26H27N3OS. The smallest absolute Gasteiger partial charge is 0.267 e. The second-order valence-electron chi connectivity index (χ2n) is 8.92. The average Bonchev–Trinajstić information content (AvgIpc) is 3.07. The number of hydrogen-bond acceptors (Lipinski definition) is 4. The van der Waals surface area contributed by atoms with E-state index in [2.05, 4.69) is 44.3 Å². The van der Waals surface area contributed by atoms with Crippen LogP contribution in [0.25, 0.3) is 21.3 Å². The molecule has 0 unspecified atom stereocenters. The van der Waals surface area contributed by atoms with Gasteiger partial charge in [-0.3, -0.25) is 4.79 Å². The van der Waals surface area contributed by atoms with Crippen LogP contribution in [0.15, 0.2) is 54.6 Å². The van der Waals surface area contributed by atoms with Crippen molar-refractivity contribution in [2.45, 2.75) is 40.0 Å². The van der Waals surface area contributed by atoms with Crippen LogP contribution >= 0.6 is 11.3 Å². The minimum absolute atomic E-state index is 0.128. The van der Waals surface area contributed by atoms with Crippen molar-refractivity contribution in [3.63, 3.8) is 0 Å². The lowest BCUT2D eigenvalue weighted by Crippen LogP contribution is -2.14. The number of benzene rings is 2. The molecule has 1 amide bonds. The van der Waals surface area contributed by atoms with Crippen molar-refractivity contribution in [1.29, 1.82) is 0 Å². The van der Waals surface area contributed by atoms with Gasteiger partial charge in [0, 0.05) is 22.2 Å². The minimum Gasteiger partial charge on any atom is -0.397 e. The second kappa shape index (κ2) is 7.82. The Morgan fingerprint density at radius 2 is 1.65 bits per heavy atom. The summed E-state index contributed by atoms with van der Waals surface area (Å²) in [6, 6.07) is 18.2. The Balaban J connectivity index is 1.89. The summed E-state index contributed by atoms with van der Waals surface area (Å²) in [5.74, 6) is -0.200. The van der Waals surface area contributed by atoms with Gasteiger partial charge in [0.15, 0.2) is 0 Å². The summed E-state index contributed by atoms with van der Waals surface area (Å²) in [4.78, 5) is 19.4. The van der Waals surface area contributed by atoms with Crippen molar-refractivity contribution in [3.8, 4) is 11.1 Å². The number of anilines is 2. The van der Waals surface area contributed by atoms with Crippen LogP contribution in [-0.4, -0.2) is 10.9 Å². The number of aryl methyl sites for hydroxylation is 2. The summed E-state index contributed by atoms with van der Waals surface area (Å²) in [6.45, 7) is 10.4. The maximum atomic E-state index is 13.2. The Morgan fingerprint density at radius 3 is 2.26 bits per heavy atom. The first-order valence-electron chi connectivity index (χ1n) is 10.3. The summed E-state index contributed by atoms with van der Waals surface area (Å²) in [7, 11) is 0. The van der Waals surface area contributed by atoms with Gasteiger partial charge in [-0.25, -0.2) is 4.98 Å². The number of amides is 1. The van der Waals surface area contributed by atoms with Gasteiger partial charge in [-0.05, 0) is 42.2 Å². The number of aromatic nitrogens is 1. The summed E-state index contributed by atoms with van der Waals surface area (Å²) in [5.41, 5.74) is 12.8. The molecule has 4 nitrogen and oxygen atoms in total. The molecule has 0 aliphatic rings. The van der Waals surface area contributed by atoms with Gasteiger partial charge in [0.05, 0.1) is 5.69 Å². The molecule has 0 spiro atoms. The van der Waals surface area contributed by atoms with Crippen LogP contribution in [0.1, 0.15) is 47.3 Å². The molecule has 0 aliphatic carbocycles. The number of fused-ring (bicyclic) bond motifs is 1. The van der Waals surface area contributed by atoms with Gasteiger partial charge < -0.3 is 11.1 Å². The molecule has 0 aliphatic heterocycles. The number of nitrogens with zero attached hydrogens (tertiary/aromatic N) is 1. The molecule has 2 aromatic carbocycles. The van der Waals surface area contributed by atoms with E-state index in [1.54, 1.807) is 0 Å². The van der Waals surface area contributed by atoms with E-state index in [1.807, 2.05) is 50.2 Å². The molecule has 0 saturated heterocycles. The molecule has 2 aromatic heterocycles. The standard InChI is InChI=1S/C26H27N3OS/c1-15-10-9-11-16(2)22(15)29-24(30)23-21(27)20-18(17-12-7-6-8-13-17)14-19(26(3,4)5)28-25(20)31-23/h6-14H,27H2,1-5H3,(H,29,30). The molecule has 0 radical (unpaired) electrons. The highest BCUT2D eigenvalue weighted by atomic mass is 32.1. The Morgan fingerprint density at radius 1 is 1.00 bits per heavy atom. The number of nitrogen functional groups attached to an aromatic ring is 1. The molecule has 31 heavy (non-hydrogen) atoms. The Labute approximate surface area is 187 Å². The number of nitrogens with one attached hydrogen (secondary N) is 1. The van der Waals surface area contributed by atoms with Gasteiger partial charge in [-0.2, -0.15) is 0 Å². The number of rotatable bonds is 3. The van der Waals surface area contributed by atoms with E-state index >= 15 is 0 Å². The summed E-state index contributed by atoms with van der Waals surface area (Å²) in [6.07, 6.45) is 0. The second-order valence-corrected chi connectivity index (χ2v) is 9.92. The Bertz CT molecular complexity index is 1260. The quantitative estimate of drug-likeness (QED) is 0.380. The van der Waals surface area contributed by atoms with Crippen molar-refractivity contribution < 1.29 is 4.79 Å². The van der Waals surface area contributed by atoms with Gasteiger partial charge in [0.2, 0.25) is 0 Å². The molecule has 0 fully saturated rings. The van der Waals surface area contributed by atoms with Crippen molar-refractivity contribution >= 4 is 38.8 Å². The van der Waals surface area contributed by atoms with Gasteiger partial charge in [-0.1, -0.05) is 69.3 Å². The third-order valence-corrected chi connectivity index (χ3v) is 6.58. The molecule has 0 saturated carbocycles. The molecule has 2 heterocycles. The fourth-order valence-electron chi connectivity index (χ4n) is 3.70. The lowest BCUT2D eigenvalue weighted by atomic mass is 9.89. The van der Waals surface area contributed by atoms with Crippen molar-refractivity contribution in [3.05, 3.63) is 76.3 Å². The van der Waals surface area contributed by atoms with E-state index in [0.717, 1.165) is 43.9 Å². The highest BCUT2D eigenvalue weighted by Crippen LogP contribution is 2.41. The van der Waals surface area contributed by atoms with E-state index in [0.29, 0.717) is 10.6 Å². The summed E-state index contributed by atoms with van der Waals surface area (Å²) >= 11 is 1.35. The van der Waals surface area contributed by atoms with Crippen LogP contribution in [-0.2, 0) is 5.41 Å². The highest BCUT2D eigenvalue weighted by Gasteiger charge is 2.25. The average molecular weight is 430 g/mol. The lowest BCUT2D eigenvalue weighted by Gasteiger charge is -2.19. The van der Waals surface area contributed by atoms with E-state index in [4.69, 9.17) is 10.7 Å². The summed E-state index contributed by atoms with van der Waals surface area (Å²) < 4.78 is 0. The largest absolute Gasteiger partial charge is 0.397 e. The normalized spacial score (nSPS) is 11.6. The van der Waals surface area contributed by atoms with Gasteiger partial charge in [0.25, 0.3) is 5.91 Å². The molecule has 3 N–H and O–H groups in total. The fourth-order valence-corrected chi connectivity index (χ4v) is 4.72. The van der Waals surface area contributed by atoms with Crippen LogP contribution in [0, 0.1) is 13.8 Å². The van der Waals surface area contributed by atoms with Gasteiger partial charge in [0.1, 0.15) is 9.71 Å². The number of carbonyl (C=O) groups is 1. The molecular weight excluding hydrogens is 402 g/mol. The monoisotopic (exact) mass is 429 g/mol. The fraction of sp³-hybridized carbons (Fsp3) is 0.231. The van der Waals surface area contributed by atoms with E-state index in [9.17, 15) is 4.79 Å². The molecule has 4 rings (SSSR count). The number of nitrogens with two attached hydrogens (primary N) is 1. The van der Waals surface area contributed by atoms with E-state index in [1.165, 1.54) is 11.3 Å². The number of hydrogen-bond donors (Lipinski definition) is 2. The minimum atomic E-state index is -0.200. The maximum Gasteiger partial charge on any atom is 0.267 e.